The van der Waals surface area contributed by atoms with Crippen molar-refractivity contribution < 1.29 is 13.5 Å². The van der Waals surface area contributed by atoms with Gasteiger partial charge in [0.1, 0.15) is 0 Å². The molecule has 0 fully saturated rings. The molecule has 2 heterocycles. The maximum Gasteiger partial charge on any atom is 0.288 e. The van der Waals surface area contributed by atoms with Crippen LogP contribution >= 0.6 is 0 Å². The van der Waals surface area contributed by atoms with Crippen LogP contribution in [-0.2, 0) is 16.4 Å². The Bertz CT molecular complexity index is 1110. The first kappa shape index (κ1) is 17.2. The molecule has 0 unspecified atom stereocenters. The number of rotatable bonds is 4. The van der Waals surface area contributed by atoms with Gasteiger partial charge in [-0.3, -0.25) is 4.31 Å². The van der Waals surface area contributed by atoms with Crippen molar-refractivity contribution in [2.75, 3.05) is 4.31 Å². The molecule has 1 aliphatic heterocycles. The van der Waals surface area contributed by atoms with Gasteiger partial charge in [0.05, 0.1) is 10.6 Å². The van der Waals surface area contributed by atoms with Crippen molar-refractivity contribution in [3.05, 3.63) is 59.7 Å². The summed E-state index contributed by atoms with van der Waals surface area (Å²) in [7, 11) is -3.83. The maximum absolute atomic E-state index is 13.2. The smallest absolute Gasteiger partial charge is 0.288 e. The number of hydrogen-bond donors (Lipinski definition) is 1. The van der Waals surface area contributed by atoms with Crippen molar-refractivity contribution in [1.82, 2.24) is 20.6 Å². The van der Waals surface area contributed by atoms with E-state index in [2.05, 4.69) is 25.6 Å². The Morgan fingerprint density at radius 2 is 2.07 bits per heavy atom. The molecule has 1 atom stereocenters. The van der Waals surface area contributed by atoms with Crippen molar-refractivity contribution in [2.45, 2.75) is 24.3 Å². The Hall–Kier alpha value is -3.27. The number of aromatic amines is 1. The Kier molecular flexibility index (Phi) is 4.11. The standard InChI is InChI=1S/C17H16N6O3S/c1-11-9-12-5-2-3-8-15(12)23(11)27(25,26)14-7-4-6-13(10-14)16(24)18-17-19-21-22-20-17/h2-8,10-11H,9H2,1H3,(H2,18,19,20,21,22,24)/p-1/t11-/m1/s1. The number of tetrazole rings is 1. The highest BCUT2D eigenvalue weighted by Gasteiger charge is 2.35. The fraction of sp³-hybridized carbons (Fsp3) is 0.176. The third-order valence-electron chi connectivity index (χ3n) is 4.32. The molecule has 1 N–H and O–H groups in total. The van der Waals surface area contributed by atoms with E-state index in [9.17, 15) is 13.5 Å². The summed E-state index contributed by atoms with van der Waals surface area (Å²) in [6, 6.07) is 13.0. The second-order valence-corrected chi connectivity index (χ2v) is 7.95. The molecule has 10 heteroatoms. The van der Waals surface area contributed by atoms with Gasteiger partial charge in [-0.25, -0.2) is 13.4 Å². The van der Waals surface area contributed by atoms with E-state index in [4.69, 9.17) is 0 Å². The molecule has 1 aliphatic rings. The molecule has 2 aromatic carbocycles. The molecule has 0 amide bonds. The molecule has 4 rings (SSSR count). The molecular formula is C17H15N6O3S-. The van der Waals surface area contributed by atoms with Crippen LogP contribution in [-0.4, -0.2) is 41.0 Å². The normalized spacial score (nSPS) is 17.1. The van der Waals surface area contributed by atoms with E-state index in [1.165, 1.54) is 28.6 Å². The summed E-state index contributed by atoms with van der Waals surface area (Å²) in [4.78, 5) is 3.73. The van der Waals surface area contributed by atoms with Crippen LogP contribution in [0.25, 0.3) is 0 Å². The van der Waals surface area contributed by atoms with E-state index in [0.717, 1.165) is 5.56 Å². The van der Waals surface area contributed by atoms with Crippen LogP contribution in [0.1, 0.15) is 18.1 Å². The summed E-state index contributed by atoms with van der Waals surface area (Å²) in [5, 5.41) is 25.0. The molecule has 0 aliphatic carbocycles. The Labute approximate surface area is 155 Å². The number of hydrogen-bond acceptors (Lipinski definition) is 7. The molecule has 9 nitrogen and oxygen atoms in total. The minimum Gasteiger partial charge on any atom is -0.858 e. The van der Waals surface area contributed by atoms with E-state index in [0.29, 0.717) is 12.1 Å². The molecule has 0 spiro atoms. The minimum atomic E-state index is -3.83. The number of aliphatic imine (C=N–C) groups is 1. The average Bonchev–Trinajstić information content (AvgIpc) is 3.28. The van der Waals surface area contributed by atoms with E-state index in [-0.39, 0.29) is 22.4 Å². The van der Waals surface area contributed by atoms with Crippen LogP contribution in [0.3, 0.4) is 0 Å². The lowest BCUT2D eigenvalue weighted by Crippen LogP contribution is -2.35. The van der Waals surface area contributed by atoms with Gasteiger partial charge >= 0.3 is 0 Å². The zero-order valence-electron chi connectivity index (χ0n) is 14.3. The summed E-state index contributed by atoms with van der Waals surface area (Å²) in [6.07, 6.45) is 0.640. The van der Waals surface area contributed by atoms with Crippen LogP contribution in [0.15, 0.2) is 58.4 Å². The molecule has 3 aromatic rings. The number of nitrogens with one attached hydrogen (secondary N) is 1. The van der Waals surface area contributed by atoms with Gasteiger partial charge in [-0.05, 0) is 53.8 Å². The summed E-state index contributed by atoms with van der Waals surface area (Å²) < 4.78 is 27.9. The van der Waals surface area contributed by atoms with Crippen molar-refractivity contribution in [1.29, 1.82) is 0 Å². The van der Waals surface area contributed by atoms with E-state index < -0.39 is 15.9 Å². The highest BCUT2D eigenvalue weighted by Crippen LogP contribution is 2.36. The molecule has 0 saturated heterocycles. The SMILES string of the molecule is C[C@@H]1Cc2ccccc2N1S(=O)(=O)c1cccc(C([O-])=Nc2nn[nH]n2)c1. The third-order valence-corrected chi connectivity index (χ3v) is 6.24. The van der Waals surface area contributed by atoms with Crippen molar-refractivity contribution in [2.24, 2.45) is 4.99 Å². The molecular weight excluding hydrogens is 368 g/mol. The van der Waals surface area contributed by atoms with Crippen molar-refractivity contribution in [3.8, 4) is 0 Å². The zero-order valence-corrected chi connectivity index (χ0v) is 15.1. The predicted molar refractivity (Wildman–Crippen MR) is 96.1 cm³/mol. The first-order valence-electron chi connectivity index (χ1n) is 8.19. The van der Waals surface area contributed by atoms with Crippen molar-refractivity contribution in [3.63, 3.8) is 0 Å². The van der Waals surface area contributed by atoms with Gasteiger partial charge in [0.15, 0.2) is 0 Å². The van der Waals surface area contributed by atoms with Gasteiger partial charge in [0.25, 0.3) is 16.0 Å². The van der Waals surface area contributed by atoms with Crippen molar-refractivity contribution >= 4 is 27.6 Å². The van der Waals surface area contributed by atoms with Crippen LogP contribution < -0.4 is 9.41 Å². The first-order valence-corrected chi connectivity index (χ1v) is 9.63. The molecule has 0 saturated carbocycles. The summed E-state index contributed by atoms with van der Waals surface area (Å²) in [5.41, 5.74) is 1.77. The number of benzene rings is 2. The molecule has 0 bridgehead atoms. The lowest BCUT2D eigenvalue weighted by Gasteiger charge is -2.25. The number of H-pyrrole nitrogens is 1. The summed E-state index contributed by atoms with van der Waals surface area (Å²) in [6.45, 7) is 1.86. The molecule has 138 valence electrons. The summed E-state index contributed by atoms with van der Waals surface area (Å²) >= 11 is 0. The van der Waals surface area contributed by atoms with Crippen LogP contribution in [0.2, 0.25) is 0 Å². The maximum atomic E-state index is 13.2. The fourth-order valence-corrected chi connectivity index (χ4v) is 4.90. The average molecular weight is 383 g/mol. The summed E-state index contributed by atoms with van der Waals surface area (Å²) in [5.74, 6) is -0.765. The van der Waals surface area contributed by atoms with Crippen LogP contribution in [0.4, 0.5) is 11.6 Å². The topological polar surface area (TPSA) is 127 Å². The number of para-hydroxylation sites is 1. The van der Waals surface area contributed by atoms with Crippen LogP contribution in [0, 0.1) is 0 Å². The largest absolute Gasteiger partial charge is 0.858 e. The van der Waals surface area contributed by atoms with Crippen LogP contribution in [0.5, 0.6) is 0 Å². The van der Waals surface area contributed by atoms with Gasteiger partial charge in [0, 0.05) is 6.04 Å². The van der Waals surface area contributed by atoms with Gasteiger partial charge in [-0.15, -0.1) is 5.10 Å². The van der Waals surface area contributed by atoms with Gasteiger partial charge in [-0.2, -0.15) is 5.21 Å². The number of anilines is 1. The number of fused-ring (bicyclic) bond motifs is 1. The van der Waals surface area contributed by atoms with Gasteiger partial charge in [-0.1, -0.05) is 35.4 Å². The molecule has 1 aromatic heterocycles. The fourth-order valence-electron chi connectivity index (χ4n) is 3.17. The number of sulfonamides is 1. The number of nitrogens with zero attached hydrogens (tertiary/aromatic N) is 5. The van der Waals surface area contributed by atoms with E-state index in [1.807, 2.05) is 25.1 Å². The zero-order chi connectivity index (χ0) is 19.0. The Balaban J connectivity index is 1.73. The highest BCUT2D eigenvalue weighted by molar-refractivity contribution is 7.92. The molecule has 27 heavy (non-hydrogen) atoms. The quantitative estimate of drug-likeness (QED) is 0.524. The third kappa shape index (κ3) is 3.04. The van der Waals surface area contributed by atoms with Gasteiger partial charge < -0.3 is 5.11 Å². The highest BCUT2D eigenvalue weighted by atomic mass is 32.2. The minimum absolute atomic E-state index is 0.0280. The second kappa shape index (κ2) is 6.47. The van der Waals surface area contributed by atoms with E-state index >= 15 is 0 Å². The number of aromatic nitrogens is 4. The molecule has 0 radical (unpaired) electrons. The lowest BCUT2D eigenvalue weighted by atomic mass is 10.1. The monoisotopic (exact) mass is 383 g/mol. The first-order chi connectivity index (χ1) is 13.0. The Morgan fingerprint density at radius 3 is 2.85 bits per heavy atom. The lowest BCUT2D eigenvalue weighted by molar-refractivity contribution is -0.212. The van der Waals surface area contributed by atoms with Gasteiger partial charge in [0.2, 0.25) is 0 Å². The second-order valence-electron chi connectivity index (χ2n) is 6.14. The van der Waals surface area contributed by atoms with E-state index in [1.54, 1.807) is 6.07 Å². The predicted octanol–water partition coefficient (Wildman–Crippen LogP) is 0.778. The Morgan fingerprint density at radius 1 is 1.26 bits per heavy atom.